The first kappa shape index (κ1) is 12.5. The zero-order valence-electron chi connectivity index (χ0n) is 8.97. The number of aromatic nitrogens is 2. The zero-order valence-corrected chi connectivity index (χ0v) is 8.97. The van der Waals surface area contributed by atoms with E-state index in [1.165, 1.54) is 0 Å². The van der Waals surface area contributed by atoms with E-state index >= 15 is 0 Å². The molecule has 0 aromatic carbocycles. The van der Waals surface area contributed by atoms with Gasteiger partial charge in [-0.1, -0.05) is 13.8 Å². The summed E-state index contributed by atoms with van der Waals surface area (Å²) < 4.78 is 36.9. The molecule has 0 aliphatic rings. The number of hydrogen-bond acceptors (Lipinski definition) is 4. The molecule has 0 radical (unpaired) electrons. The Kier molecular flexibility index (Phi) is 3.56. The fraction of sp³-hybridized carbons (Fsp3) is 0.556. The Labute approximate surface area is 91.1 Å². The third kappa shape index (κ3) is 3.25. The molecule has 0 aliphatic heterocycles. The highest BCUT2D eigenvalue weighted by molar-refractivity contribution is 5.59. The lowest BCUT2D eigenvalue weighted by Crippen LogP contribution is -2.16. The molecule has 16 heavy (non-hydrogen) atoms. The maximum Gasteiger partial charge on any atom is 0.451 e. The minimum Gasteiger partial charge on any atom is -0.394 e. The van der Waals surface area contributed by atoms with Crippen molar-refractivity contribution in [1.82, 2.24) is 9.97 Å². The molecule has 0 atom stereocenters. The zero-order chi connectivity index (χ0) is 12.3. The smallest absolute Gasteiger partial charge is 0.394 e. The average molecular weight is 234 g/mol. The van der Waals surface area contributed by atoms with Crippen LogP contribution in [-0.4, -0.2) is 16.5 Å². The molecule has 0 aliphatic carbocycles. The molecule has 1 aromatic heterocycles. The molecule has 4 nitrogen and oxygen atoms in total. The first-order valence-electron chi connectivity index (χ1n) is 4.74. The number of nitrogens with two attached hydrogens (primary N) is 1. The summed E-state index contributed by atoms with van der Waals surface area (Å²) in [5, 5.41) is 2.75. The fourth-order valence-corrected chi connectivity index (χ4v) is 0.970. The quantitative estimate of drug-likeness (QED) is 0.841. The number of nitrogen functional groups attached to an aromatic ring is 1. The van der Waals surface area contributed by atoms with E-state index in [0.29, 0.717) is 6.54 Å². The molecule has 0 amide bonds. The molecule has 0 saturated heterocycles. The second kappa shape index (κ2) is 4.54. The molecule has 90 valence electrons. The number of rotatable bonds is 3. The third-order valence-electron chi connectivity index (χ3n) is 1.75. The number of nitrogens with one attached hydrogen (secondary N) is 1. The van der Waals surface area contributed by atoms with Crippen LogP contribution in [-0.2, 0) is 6.18 Å². The molecule has 0 fully saturated rings. The number of halogens is 3. The van der Waals surface area contributed by atoms with Gasteiger partial charge in [0.05, 0.1) is 11.9 Å². The molecule has 1 aromatic rings. The lowest BCUT2D eigenvalue weighted by atomic mass is 10.2. The minimum atomic E-state index is -4.55. The lowest BCUT2D eigenvalue weighted by molar-refractivity contribution is -0.144. The van der Waals surface area contributed by atoms with Crippen LogP contribution < -0.4 is 11.1 Å². The van der Waals surface area contributed by atoms with Crippen LogP contribution in [0.4, 0.5) is 24.7 Å². The van der Waals surface area contributed by atoms with Crippen LogP contribution in [0.3, 0.4) is 0 Å². The van der Waals surface area contributed by atoms with Crippen molar-refractivity contribution in [2.75, 3.05) is 17.6 Å². The van der Waals surface area contributed by atoms with E-state index < -0.39 is 12.0 Å². The predicted molar refractivity (Wildman–Crippen MR) is 54.8 cm³/mol. The summed E-state index contributed by atoms with van der Waals surface area (Å²) in [7, 11) is 0. The number of alkyl halides is 3. The molecular weight excluding hydrogens is 221 g/mol. The van der Waals surface area contributed by atoms with Gasteiger partial charge < -0.3 is 11.1 Å². The Balaban J connectivity index is 2.91. The average Bonchev–Trinajstić information content (AvgIpc) is 2.14. The summed E-state index contributed by atoms with van der Waals surface area (Å²) >= 11 is 0. The highest BCUT2D eigenvalue weighted by atomic mass is 19.4. The molecule has 0 bridgehead atoms. The SMILES string of the molecule is CC(C)CNc1nc(C(F)(F)F)ncc1N. The summed E-state index contributed by atoms with van der Waals surface area (Å²) in [6.07, 6.45) is -3.60. The summed E-state index contributed by atoms with van der Waals surface area (Å²) in [4.78, 5) is 6.48. The minimum absolute atomic E-state index is 0.0241. The van der Waals surface area contributed by atoms with Crippen molar-refractivity contribution in [3.05, 3.63) is 12.0 Å². The molecule has 0 spiro atoms. The van der Waals surface area contributed by atoms with Crippen molar-refractivity contribution in [3.63, 3.8) is 0 Å². The van der Waals surface area contributed by atoms with Gasteiger partial charge in [0.15, 0.2) is 5.82 Å². The van der Waals surface area contributed by atoms with Gasteiger partial charge >= 0.3 is 6.18 Å². The van der Waals surface area contributed by atoms with Crippen LogP contribution in [0.25, 0.3) is 0 Å². The van der Waals surface area contributed by atoms with Crippen LogP contribution in [0.5, 0.6) is 0 Å². The first-order valence-corrected chi connectivity index (χ1v) is 4.74. The maximum absolute atomic E-state index is 12.3. The van der Waals surface area contributed by atoms with Crippen LogP contribution in [0.1, 0.15) is 19.7 Å². The van der Waals surface area contributed by atoms with Gasteiger partial charge in [-0.25, -0.2) is 9.97 Å². The van der Waals surface area contributed by atoms with Gasteiger partial charge in [0, 0.05) is 6.54 Å². The monoisotopic (exact) mass is 234 g/mol. The molecule has 0 saturated carbocycles. The summed E-state index contributed by atoms with van der Waals surface area (Å²) in [5.74, 6) is -0.882. The molecule has 1 heterocycles. The van der Waals surface area contributed by atoms with Gasteiger partial charge in [0.1, 0.15) is 0 Å². The normalized spacial score (nSPS) is 11.9. The lowest BCUT2D eigenvalue weighted by Gasteiger charge is -2.12. The van der Waals surface area contributed by atoms with E-state index in [9.17, 15) is 13.2 Å². The molecule has 7 heteroatoms. The fourth-order valence-electron chi connectivity index (χ4n) is 0.970. The van der Waals surface area contributed by atoms with Gasteiger partial charge in [-0.15, -0.1) is 0 Å². The van der Waals surface area contributed by atoms with Crippen LogP contribution in [0.15, 0.2) is 6.20 Å². The van der Waals surface area contributed by atoms with Gasteiger partial charge in [-0.3, -0.25) is 0 Å². The van der Waals surface area contributed by atoms with E-state index in [1.54, 1.807) is 0 Å². The Morgan fingerprint density at radius 1 is 1.44 bits per heavy atom. The van der Waals surface area contributed by atoms with Crippen molar-refractivity contribution in [1.29, 1.82) is 0 Å². The van der Waals surface area contributed by atoms with Gasteiger partial charge in [-0.2, -0.15) is 13.2 Å². The van der Waals surface area contributed by atoms with Crippen molar-refractivity contribution >= 4 is 11.5 Å². The first-order chi connectivity index (χ1) is 7.30. The van der Waals surface area contributed by atoms with E-state index in [-0.39, 0.29) is 17.4 Å². The Bertz CT molecular complexity index is 362. The van der Waals surface area contributed by atoms with E-state index in [1.807, 2.05) is 13.8 Å². The second-order valence-corrected chi connectivity index (χ2v) is 3.77. The molecule has 0 unspecified atom stereocenters. The maximum atomic E-state index is 12.3. The van der Waals surface area contributed by atoms with Crippen LogP contribution in [0.2, 0.25) is 0 Å². The summed E-state index contributed by atoms with van der Waals surface area (Å²) in [5.41, 5.74) is 5.57. The van der Waals surface area contributed by atoms with Gasteiger partial charge in [-0.05, 0) is 5.92 Å². The topological polar surface area (TPSA) is 63.8 Å². The third-order valence-corrected chi connectivity index (χ3v) is 1.75. The highest BCUT2D eigenvalue weighted by Crippen LogP contribution is 2.28. The van der Waals surface area contributed by atoms with Crippen molar-refractivity contribution in [3.8, 4) is 0 Å². The van der Waals surface area contributed by atoms with Crippen molar-refractivity contribution < 1.29 is 13.2 Å². The number of hydrogen-bond donors (Lipinski definition) is 2. The van der Waals surface area contributed by atoms with E-state index in [0.717, 1.165) is 6.20 Å². The number of anilines is 2. The number of nitrogens with zero attached hydrogens (tertiary/aromatic N) is 2. The van der Waals surface area contributed by atoms with Gasteiger partial charge in [0.2, 0.25) is 5.82 Å². The molecule has 1 rings (SSSR count). The molecule has 3 N–H and O–H groups in total. The van der Waals surface area contributed by atoms with Gasteiger partial charge in [0.25, 0.3) is 0 Å². The van der Waals surface area contributed by atoms with Crippen LogP contribution in [0, 0.1) is 5.92 Å². The standard InChI is InChI=1S/C9H13F3N4/c1-5(2)3-14-7-6(13)4-15-8(16-7)9(10,11)12/h4-5H,3,13H2,1-2H3,(H,14,15,16). The van der Waals surface area contributed by atoms with E-state index in [2.05, 4.69) is 15.3 Å². The van der Waals surface area contributed by atoms with Crippen molar-refractivity contribution in [2.24, 2.45) is 5.92 Å². The second-order valence-electron chi connectivity index (χ2n) is 3.77. The van der Waals surface area contributed by atoms with Crippen molar-refractivity contribution in [2.45, 2.75) is 20.0 Å². The predicted octanol–water partition coefficient (Wildman–Crippen LogP) is 2.15. The summed E-state index contributed by atoms with van der Waals surface area (Å²) in [6.45, 7) is 4.35. The highest BCUT2D eigenvalue weighted by Gasteiger charge is 2.35. The largest absolute Gasteiger partial charge is 0.451 e. The Morgan fingerprint density at radius 2 is 2.06 bits per heavy atom. The Hall–Kier alpha value is -1.53. The van der Waals surface area contributed by atoms with Crippen LogP contribution >= 0.6 is 0 Å². The summed E-state index contributed by atoms with van der Waals surface area (Å²) in [6, 6.07) is 0. The van der Waals surface area contributed by atoms with E-state index in [4.69, 9.17) is 5.73 Å². The Morgan fingerprint density at radius 3 is 2.56 bits per heavy atom. The molecular formula is C9H13F3N4.